The van der Waals surface area contributed by atoms with Crippen LogP contribution in [-0.2, 0) is 19.6 Å². The quantitative estimate of drug-likeness (QED) is 0.625. The van der Waals surface area contributed by atoms with E-state index >= 15 is 0 Å². The van der Waals surface area contributed by atoms with Gasteiger partial charge in [-0.3, -0.25) is 4.79 Å². The fraction of sp³-hybridized carbons (Fsp3) is 0.300. The van der Waals surface area contributed by atoms with Crippen LogP contribution in [0.2, 0.25) is 0 Å². The van der Waals surface area contributed by atoms with Crippen LogP contribution in [0.15, 0.2) is 23.1 Å². The zero-order valence-electron chi connectivity index (χ0n) is 9.47. The first-order valence-corrected chi connectivity index (χ1v) is 6.03. The van der Waals surface area contributed by atoms with Gasteiger partial charge in [0.25, 0.3) is 0 Å². The molecule has 1 saturated heterocycles. The molecular formula is C10H13NO5S. The molecule has 0 aromatic heterocycles. The summed E-state index contributed by atoms with van der Waals surface area (Å²) < 4.78 is 37.6. The lowest BCUT2D eigenvalue weighted by Gasteiger charge is -2.27. The standard InChI is InChI=1S/C10H10O5S.H3N/c1-6-2-3-9(16(12,13)14)7(4-6)8-5-15-10(8)11;/h2-4,8H,5H2,1H3,(H,12,13,14);1H3/t8-;/m1./s1. The number of aryl methyl sites for hydroxylation is 1. The molecule has 0 amide bonds. The summed E-state index contributed by atoms with van der Waals surface area (Å²) in [6, 6.07) is 4.30. The summed E-state index contributed by atoms with van der Waals surface area (Å²) >= 11 is 0. The van der Waals surface area contributed by atoms with Crippen LogP contribution < -0.4 is 6.15 Å². The van der Waals surface area contributed by atoms with Crippen LogP contribution in [0, 0.1) is 6.92 Å². The molecule has 0 saturated carbocycles. The van der Waals surface area contributed by atoms with Crippen LogP contribution in [0.1, 0.15) is 17.0 Å². The first-order chi connectivity index (χ1) is 7.39. The Hall–Kier alpha value is -1.44. The number of hydrogen-bond donors (Lipinski definition) is 1. The molecule has 1 aromatic carbocycles. The van der Waals surface area contributed by atoms with Crippen molar-refractivity contribution in [3.05, 3.63) is 29.3 Å². The van der Waals surface area contributed by atoms with E-state index in [4.69, 9.17) is 0 Å². The predicted octanol–water partition coefficient (Wildman–Crippen LogP) is 0.916. The highest BCUT2D eigenvalue weighted by atomic mass is 32.2. The van der Waals surface area contributed by atoms with Crippen LogP contribution in [0.5, 0.6) is 0 Å². The summed E-state index contributed by atoms with van der Waals surface area (Å²) in [6.07, 6.45) is 0. The topological polar surface area (TPSA) is 120 Å². The third-order valence-electron chi connectivity index (χ3n) is 2.49. The van der Waals surface area contributed by atoms with Gasteiger partial charge in [-0.1, -0.05) is 17.7 Å². The van der Waals surface area contributed by atoms with Gasteiger partial charge in [-0.15, -0.1) is 0 Å². The van der Waals surface area contributed by atoms with Crippen molar-refractivity contribution < 1.29 is 22.5 Å². The lowest BCUT2D eigenvalue weighted by atomic mass is 9.95. The maximum absolute atomic E-state index is 11.1. The van der Waals surface area contributed by atoms with Gasteiger partial charge in [0.15, 0.2) is 0 Å². The normalized spacial score (nSPS) is 18.9. The van der Waals surface area contributed by atoms with E-state index in [1.165, 1.54) is 18.2 Å². The van der Waals surface area contributed by atoms with Crippen molar-refractivity contribution in [3.63, 3.8) is 0 Å². The van der Waals surface area contributed by atoms with E-state index in [1.807, 2.05) is 0 Å². The minimum atomic E-state index is -4.55. The third kappa shape index (κ3) is 2.46. The summed E-state index contributed by atoms with van der Waals surface area (Å²) in [5.41, 5.74) is 1.04. The number of ether oxygens (including phenoxy) is 1. The molecule has 1 aliphatic heterocycles. The number of hydrogen-bond acceptors (Lipinski definition) is 5. The first-order valence-electron chi connectivity index (χ1n) is 4.62. The maximum Gasteiger partial charge on any atom is 0.317 e. The van der Waals surface area contributed by atoms with E-state index in [9.17, 15) is 17.8 Å². The van der Waals surface area contributed by atoms with Gasteiger partial charge in [-0.05, 0) is 18.6 Å². The molecule has 0 aliphatic carbocycles. The van der Waals surface area contributed by atoms with Crippen molar-refractivity contribution >= 4 is 16.1 Å². The Morgan fingerprint density at radius 3 is 2.47 bits per heavy atom. The highest BCUT2D eigenvalue weighted by molar-refractivity contribution is 7.85. The molecule has 7 heteroatoms. The van der Waals surface area contributed by atoms with Gasteiger partial charge in [-0.25, -0.2) is 8.42 Å². The van der Waals surface area contributed by atoms with E-state index < -0.39 is 22.0 Å². The average Bonchev–Trinajstić information content (AvgIpc) is 2.13. The number of rotatable bonds is 2. The van der Waals surface area contributed by atoms with E-state index in [2.05, 4.69) is 4.74 Å². The van der Waals surface area contributed by atoms with E-state index in [0.29, 0.717) is 0 Å². The van der Waals surface area contributed by atoms with Crippen molar-refractivity contribution in [1.29, 1.82) is 0 Å². The Morgan fingerprint density at radius 1 is 1.41 bits per heavy atom. The molecule has 0 unspecified atom stereocenters. The largest absolute Gasteiger partial charge is 0.744 e. The predicted molar refractivity (Wildman–Crippen MR) is 58.8 cm³/mol. The van der Waals surface area contributed by atoms with Crippen LogP contribution in [-0.4, -0.2) is 25.5 Å². The number of esters is 1. The summed E-state index contributed by atoms with van der Waals surface area (Å²) in [4.78, 5) is 10.8. The second-order valence-electron chi connectivity index (χ2n) is 3.68. The van der Waals surface area contributed by atoms with E-state index in [0.717, 1.165) is 5.56 Å². The number of carbonyl (C=O) groups is 1. The SMILES string of the molecule is Cc1ccc(S(=O)(=O)[O-])c([C@H]2COC2=O)c1.[NH4+]. The summed E-state index contributed by atoms with van der Waals surface area (Å²) in [5.74, 6) is -1.12. The maximum atomic E-state index is 11.1. The molecule has 0 bridgehead atoms. The fourth-order valence-electron chi connectivity index (χ4n) is 1.62. The molecule has 1 aliphatic rings. The van der Waals surface area contributed by atoms with Crippen LogP contribution in [0.3, 0.4) is 0 Å². The minimum absolute atomic E-state index is 0. The third-order valence-corrected chi connectivity index (χ3v) is 3.40. The Kier molecular flexibility index (Phi) is 3.56. The number of benzene rings is 1. The second kappa shape index (κ2) is 4.44. The van der Waals surface area contributed by atoms with Crippen LogP contribution in [0.4, 0.5) is 0 Å². The number of carbonyl (C=O) groups excluding carboxylic acids is 1. The smallest absolute Gasteiger partial charge is 0.317 e. The Bertz CT molecular complexity index is 552. The zero-order chi connectivity index (χ0) is 11.9. The van der Waals surface area contributed by atoms with E-state index in [-0.39, 0.29) is 23.2 Å². The van der Waals surface area contributed by atoms with Crippen LogP contribution in [0.25, 0.3) is 0 Å². The highest BCUT2D eigenvalue weighted by Gasteiger charge is 2.35. The van der Waals surface area contributed by atoms with Crippen molar-refractivity contribution in [1.82, 2.24) is 6.15 Å². The first kappa shape index (κ1) is 13.6. The van der Waals surface area contributed by atoms with Crippen molar-refractivity contribution in [2.45, 2.75) is 17.7 Å². The monoisotopic (exact) mass is 259 g/mol. The lowest BCUT2D eigenvalue weighted by Crippen LogP contribution is -2.33. The minimum Gasteiger partial charge on any atom is -0.744 e. The average molecular weight is 259 g/mol. The molecule has 2 rings (SSSR count). The molecule has 1 atom stereocenters. The van der Waals surface area contributed by atoms with Gasteiger partial charge in [0.05, 0.1) is 4.90 Å². The summed E-state index contributed by atoms with van der Waals surface area (Å²) in [7, 11) is -4.55. The zero-order valence-corrected chi connectivity index (χ0v) is 10.3. The van der Waals surface area contributed by atoms with Gasteiger partial charge in [-0.2, -0.15) is 0 Å². The molecule has 4 N–H and O–H groups in total. The summed E-state index contributed by atoms with van der Waals surface area (Å²) in [6.45, 7) is 1.89. The highest BCUT2D eigenvalue weighted by Crippen LogP contribution is 2.31. The molecule has 1 fully saturated rings. The fourth-order valence-corrected chi connectivity index (χ4v) is 2.34. The molecule has 6 nitrogen and oxygen atoms in total. The van der Waals surface area contributed by atoms with Gasteiger partial charge in [0.1, 0.15) is 22.6 Å². The molecule has 0 radical (unpaired) electrons. The molecular weight excluding hydrogens is 246 g/mol. The lowest BCUT2D eigenvalue weighted by molar-refractivity contribution is -0.161. The molecule has 0 spiro atoms. The van der Waals surface area contributed by atoms with E-state index in [1.54, 1.807) is 6.92 Å². The Labute approximate surface area is 98.9 Å². The summed E-state index contributed by atoms with van der Waals surface area (Å²) in [5, 5.41) is 0. The van der Waals surface area contributed by atoms with Gasteiger partial charge in [0, 0.05) is 0 Å². The van der Waals surface area contributed by atoms with Crippen molar-refractivity contribution in [2.75, 3.05) is 6.61 Å². The van der Waals surface area contributed by atoms with Gasteiger partial charge >= 0.3 is 5.97 Å². The molecule has 17 heavy (non-hydrogen) atoms. The Balaban J connectivity index is 0.00000144. The second-order valence-corrected chi connectivity index (χ2v) is 5.03. The molecule has 1 aromatic rings. The van der Waals surface area contributed by atoms with Gasteiger partial charge in [0.2, 0.25) is 0 Å². The number of cyclic esters (lactones) is 1. The molecule has 1 heterocycles. The van der Waals surface area contributed by atoms with Crippen LogP contribution >= 0.6 is 0 Å². The Morgan fingerprint density at radius 2 is 2.06 bits per heavy atom. The molecule has 94 valence electrons. The van der Waals surface area contributed by atoms with Crippen molar-refractivity contribution in [2.24, 2.45) is 0 Å². The number of quaternary nitrogens is 1. The van der Waals surface area contributed by atoms with Crippen molar-refractivity contribution in [3.8, 4) is 0 Å². The van der Waals surface area contributed by atoms with Gasteiger partial charge < -0.3 is 15.4 Å².